The zero-order valence-corrected chi connectivity index (χ0v) is 32.6. The smallest absolute Gasteiger partial charge is 0.337 e. The largest absolute Gasteiger partial charge is 0.479 e. The van der Waals surface area contributed by atoms with E-state index in [9.17, 15) is 28.8 Å². The van der Waals surface area contributed by atoms with Gasteiger partial charge in [-0.2, -0.15) is 0 Å². The maximum atomic E-state index is 10.4. The van der Waals surface area contributed by atoms with Gasteiger partial charge in [0.15, 0.2) is 24.4 Å². The molecule has 0 aliphatic carbocycles. The van der Waals surface area contributed by atoms with Gasteiger partial charge in [-0.3, -0.25) is 19.6 Å². The highest BCUT2D eigenvalue weighted by Crippen LogP contribution is 2.13. The zero-order chi connectivity index (χ0) is 46.5. The number of pyridine rings is 2. The normalized spacial score (nSPS) is 11.4. The number of carboxylic acids is 4. The lowest BCUT2D eigenvalue weighted by Gasteiger charge is -2.03. The van der Waals surface area contributed by atoms with E-state index in [4.69, 9.17) is 52.3 Å². The number of nitrogens with two attached hydrogens (primary N) is 2. The number of aliphatic hydroxyl groups excluding tert-OH is 4. The lowest BCUT2D eigenvalue weighted by molar-refractivity contribution is -0.147. The molecule has 0 aliphatic rings. The standard InChI is InChI=1S/4C8H8O3.2C6H6N2O/c4*9-7(8(10)11)6-4-2-1-3-5-6;2*7-6(9)5-2-1-3-8-4-5/h4*1-5,7,9H,(H,10,11);2*1-4H,(H2,7,9)/t4*7-;;/m1111../s1. The first kappa shape index (κ1) is 51.9. The third-order valence-electron chi connectivity index (χ3n) is 7.29. The summed E-state index contributed by atoms with van der Waals surface area (Å²) in [5.74, 6) is -5.79. The summed E-state index contributed by atoms with van der Waals surface area (Å²) in [6.45, 7) is 0. The van der Waals surface area contributed by atoms with E-state index >= 15 is 0 Å². The molecule has 324 valence electrons. The van der Waals surface area contributed by atoms with E-state index in [0.717, 1.165) is 0 Å². The van der Waals surface area contributed by atoms with Crippen LogP contribution in [0, 0.1) is 0 Å². The van der Waals surface area contributed by atoms with Gasteiger partial charge in [-0.25, -0.2) is 19.2 Å². The maximum Gasteiger partial charge on any atom is 0.337 e. The number of carbonyl (C=O) groups excluding carboxylic acids is 2. The fourth-order valence-electron chi connectivity index (χ4n) is 4.13. The van der Waals surface area contributed by atoms with Gasteiger partial charge < -0.3 is 52.3 Å². The molecule has 0 spiro atoms. The van der Waals surface area contributed by atoms with E-state index in [1.54, 1.807) is 158 Å². The first-order chi connectivity index (χ1) is 29.5. The maximum absolute atomic E-state index is 10.4. The number of nitrogens with zero attached hydrogens (tertiary/aromatic N) is 2. The third kappa shape index (κ3) is 21.0. The van der Waals surface area contributed by atoms with Crippen molar-refractivity contribution >= 4 is 35.7 Å². The first-order valence-corrected chi connectivity index (χ1v) is 17.7. The fourth-order valence-corrected chi connectivity index (χ4v) is 4.13. The Bertz CT molecular complexity index is 1950. The minimum Gasteiger partial charge on any atom is -0.479 e. The van der Waals surface area contributed by atoms with E-state index in [1.807, 2.05) is 0 Å². The number of aliphatic hydroxyl groups is 4. The van der Waals surface area contributed by atoms with Crippen molar-refractivity contribution in [3.63, 3.8) is 0 Å². The van der Waals surface area contributed by atoms with E-state index in [1.165, 1.54) is 12.4 Å². The van der Waals surface area contributed by atoms with Gasteiger partial charge in [-0.05, 0) is 46.5 Å². The molecule has 62 heavy (non-hydrogen) atoms. The van der Waals surface area contributed by atoms with E-state index in [-0.39, 0.29) is 0 Å². The average Bonchev–Trinajstić information content (AvgIpc) is 3.30. The highest BCUT2D eigenvalue weighted by molar-refractivity contribution is 5.92. The molecule has 2 heterocycles. The van der Waals surface area contributed by atoms with Gasteiger partial charge in [-0.1, -0.05) is 121 Å². The number of carbonyl (C=O) groups is 6. The number of benzene rings is 4. The minimum absolute atomic E-state index is 0.403. The van der Waals surface area contributed by atoms with Crippen LogP contribution in [0.3, 0.4) is 0 Å². The predicted molar refractivity (Wildman–Crippen MR) is 222 cm³/mol. The van der Waals surface area contributed by atoms with Crippen molar-refractivity contribution in [3.8, 4) is 0 Å². The third-order valence-corrected chi connectivity index (χ3v) is 7.29. The molecule has 4 atom stereocenters. The first-order valence-electron chi connectivity index (χ1n) is 17.7. The molecular weight excluding hydrogens is 808 g/mol. The summed E-state index contributed by atoms with van der Waals surface area (Å²) in [6, 6.07) is 39.6. The van der Waals surface area contributed by atoms with Crippen molar-refractivity contribution < 1.29 is 69.6 Å². The van der Waals surface area contributed by atoms with Crippen molar-refractivity contribution in [2.75, 3.05) is 0 Å². The molecule has 6 aromatic rings. The Balaban J connectivity index is 0.000000373. The van der Waals surface area contributed by atoms with Crippen LogP contribution in [-0.2, 0) is 19.2 Å². The van der Waals surface area contributed by atoms with Gasteiger partial charge in [0.25, 0.3) is 0 Å². The van der Waals surface area contributed by atoms with Crippen molar-refractivity contribution in [2.45, 2.75) is 24.4 Å². The molecule has 0 radical (unpaired) electrons. The number of hydrogen-bond acceptors (Lipinski definition) is 12. The van der Waals surface area contributed by atoms with Crippen LogP contribution in [0.4, 0.5) is 0 Å². The Morgan fingerprint density at radius 1 is 0.355 bits per heavy atom. The van der Waals surface area contributed by atoms with Crippen molar-refractivity contribution in [2.24, 2.45) is 11.5 Å². The molecule has 6 rings (SSSR count). The Labute approximate surface area is 354 Å². The summed E-state index contributed by atoms with van der Waals surface area (Å²) < 4.78 is 0. The van der Waals surface area contributed by atoms with Gasteiger partial charge in [0.2, 0.25) is 11.8 Å². The van der Waals surface area contributed by atoms with Gasteiger partial charge in [0.05, 0.1) is 11.1 Å². The molecule has 18 heteroatoms. The number of carboxylic acid groups (broad SMARTS) is 4. The van der Waals surface area contributed by atoms with Crippen LogP contribution in [-0.4, -0.2) is 86.5 Å². The molecule has 0 fully saturated rings. The van der Waals surface area contributed by atoms with Gasteiger partial charge in [0.1, 0.15) is 0 Å². The molecule has 2 aromatic heterocycles. The van der Waals surface area contributed by atoms with Gasteiger partial charge in [-0.15, -0.1) is 0 Å². The van der Waals surface area contributed by atoms with Crippen LogP contribution in [0.5, 0.6) is 0 Å². The second kappa shape index (κ2) is 29.1. The number of aromatic nitrogens is 2. The predicted octanol–water partition coefficient (Wildman–Crippen LogP) is 3.58. The highest BCUT2D eigenvalue weighted by atomic mass is 16.4. The summed E-state index contributed by atoms with van der Waals surface area (Å²) in [5, 5.41) is 69.5. The van der Waals surface area contributed by atoms with Gasteiger partial charge in [0, 0.05) is 24.8 Å². The van der Waals surface area contributed by atoms with Gasteiger partial charge >= 0.3 is 23.9 Å². The number of aliphatic carboxylic acids is 4. The van der Waals surface area contributed by atoms with E-state index in [0.29, 0.717) is 33.4 Å². The Morgan fingerprint density at radius 2 is 0.565 bits per heavy atom. The number of amides is 2. The van der Waals surface area contributed by atoms with Crippen LogP contribution in [0.2, 0.25) is 0 Å². The molecule has 0 saturated heterocycles. The molecule has 0 aliphatic heterocycles. The molecule has 0 bridgehead atoms. The zero-order valence-electron chi connectivity index (χ0n) is 32.6. The Kier molecular flexibility index (Phi) is 24.4. The minimum atomic E-state index is -1.41. The number of rotatable bonds is 10. The summed E-state index contributed by atoms with van der Waals surface area (Å²) in [5.41, 5.74) is 12.4. The van der Waals surface area contributed by atoms with Crippen LogP contribution in [0.25, 0.3) is 0 Å². The Hall–Kier alpha value is -8.16. The monoisotopic (exact) mass is 852 g/mol. The van der Waals surface area contributed by atoms with E-state index in [2.05, 4.69) is 9.97 Å². The molecule has 4 aromatic carbocycles. The molecule has 0 unspecified atom stereocenters. The molecule has 2 amide bonds. The number of primary amides is 2. The molecular formula is C44H44N4O14. The van der Waals surface area contributed by atoms with Crippen molar-refractivity contribution in [1.29, 1.82) is 0 Å². The average molecular weight is 853 g/mol. The van der Waals surface area contributed by atoms with Crippen LogP contribution >= 0.6 is 0 Å². The van der Waals surface area contributed by atoms with Crippen LogP contribution < -0.4 is 11.5 Å². The molecule has 18 nitrogen and oxygen atoms in total. The van der Waals surface area contributed by atoms with E-state index < -0.39 is 60.1 Å². The molecule has 12 N–H and O–H groups in total. The Morgan fingerprint density at radius 3 is 0.694 bits per heavy atom. The van der Waals surface area contributed by atoms with Crippen molar-refractivity contribution in [3.05, 3.63) is 204 Å². The second-order valence-electron chi connectivity index (χ2n) is 11.8. The topological polar surface area (TPSA) is 342 Å². The quantitative estimate of drug-likeness (QED) is 0.0941. The SMILES string of the molecule is NC(=O)c1cccnc1.NC(=O)c1cccnc1.O=C(O)[C@H](O)c1ccccc1.O=C(O)[C@H](O)c1ccccc1.O=C(O)[C@H](O)c1ccccc1.O=C(O)[C@H](O)c1ccccc1. The highest BCUT2D eigenvalue weighted by Gasteiger charge is 2.16. The van der Waals surface area contributed by atoms with Crippen LogP contribution in [0.1, 0.15) is 67.4 Å². The van der Waals surface area contributed by atoms with Crippen molar-refractivity contribution in [1.82, 2.24) is 9.97 Å². The number of hydrogen-bond donors (Lipinski definition) is 10. The second-order valence-corrected chi connectivity index (χ2v) is 11.8. The van der Waals surface area contributed by atoms with Crippen LogP contribution in [0.15, 0.2) is 170 Å². The molecule has 0 saturated carbocycles. The summed E-state index contributed by atoms with van der Waals surface area (Å²) in [4.78, 5) is 69.2. The summed E-state index contributed by atoms with van der Waals surface area (Å²) >= 11 is 0. The lowest BCUT2D eigenvalue weighted by atomic mass is 10.1. The fraction of sp³-hybridized carbons (Fsp3) is 0.0909. The summed E-state index contributed by atoms with van der Waals surface area (Å²) in [7, 11) is 0. The lowest BCUT2D eigenvalue weighted by Crippen LogP contribution is -2.10. The summed E-state index contributed by atoms with van der Waals surface area (Å²) in [6.07, 6.45) is 0.420.